The third kappa shape index (κ3) is 6.12. The average Bonchev–Trinajstić information content (AvgIpc) is 2.88. The summed E-state index contributed by atoms with van der Waals surface area (Å²) in [6.45, 7) is 2.28. The van der Waals surface area contributed by atoms with Crippen LogP contribution in [-0.4, -0.2) is 70.7 Å². The number of benzene rings is 2. The van der Waals surface area contributed by atoms with Crippen LogP contribution in [-0.2, 0) is 36.1 Å². The van der Waals surface area contributed by atoms with E-state index in [0.29, 0.717) is 39.1 Å². The number of nitrogens with one attached hydrogen (secondary N) is 1. The number of rotatable bonds is 7. The Morgan fingerprint density at radius 1 is 0.829 bits per heavy atom. The number of ether oxygens (including phenoxy) is 1. The van der Waals surface area contributed by atoms with Gasteiger partial charge in [-0.2, -0.15) is 8.61 Å². The molecule has 1 amide bonds. The molecular formula is C23H28BrN3O6S2. The summed E-state index contributed by atoms with van der Waals surface area (Å²) < 4.78 is 60.0. The van der Waals surface area contributed by atoms with Crippen LogP contribution in [0.4, 0.5) is 0 Å². The predicted octanol–water partition coefficient (Wildman–Crippen LogP) is 2.19. The van der Waals surface area contributed by atoms with E-state index in [9.17, 15) is 21.6 Å². The summed E-state index contributed by atoms with van der Waals surface area (Å²) in [7, 11) is -7.14. The lowest BCUT2D eigenvalue weighted by atomic mass is 9.97. The molecule has 2 saturated heterocycles. The van der Waals surface area contributed by atoms with Crippen LogP contribution >= 0.6 is 15.9 Å². The van der Waals surface area contributed by atoms with Crippen molar-refractivity contribution < 1.29 is 26.4 Å². The Morgan fingerprint density at radius 3 is 1.86 bits per heavy atom. The van der Waals surface area contributed by atoms with Gasteiger partial charge in [0.05, 0.1) is 23.0 Å². The van der Waals surface area contributed by atoms with Gasteiger partial charge >= 0.3 is 0 Å². The molecule has 0 saturated carbocycles. The van der Waals surface area contributed by atoms with E-state index in [0.717, 1.165) is 10.0 Å². The fourth-order valence-corrected chi connectivity index (χ4v) is 7.30. The first-order valence-corrected chi connectivity index (χ1v) is 15.1. The van der Waals surface area contributed by atoms with Gasteiger partial charge in [-0.05, 0) is 54.8 Å². The van der Waals surface area contributed by atoms with Gasteiger partial charge in [0, 0.05) is 43.1 Å². The monoisotopic (exact) mass is 585 g/mol. The van der Waals surface area contributed by atoms with Crippen LogP contribution in [0.3, 0.4) is 0 Å². The van der Waals surface area contributed by atoms with Crippen LogP contribution in [0, 0.1) is 5.92 Å². The highest BCUT2D eigenvalue weighted by molar-refractivity contribution is 9.10. The number of carbonyl (C=O) groups is 1. The third-order valence-electron chi connectivity index (χ3n) is 6.27. The number of nitrogens with zero attached hydrogens (tertiary/aromatic N) is 2. The summed E-state index contributed by atoms with van der Waals surface area (Å²) in [5.74, 6) is -0.400. The normalized spacial score (nSPS) is 18.9. The van der Waals surface area contributed by atoms with Gasteiger partial charge in [-0.3, -0.25) is 4.79 Å². The number of amides is 1. The SMILES string of the molecule is O=C(NCc1ccc(S(=O)(=O)N2CCOCC2)cc1)C1CCN(S(=O)(=O)c2ccc(Br)cc2)CC1. The molecule has 1 N–H and O–H groups in total. The number of piperidine rings is 1. The molecule has 2 heterocycles. The second-order valence-corrected chi connectivity index (χ2v) is 13.3. The van der Waals surface area contributed by atoms with Crippen LogP contribution in [0.2, 0.25) is 0 Å². The fraction of sp³-hybridized carbons (Fsp3) is 0.435. The van der Waals surface area contributed by atoms with Crippen molar-refractivity contribution in [2.75, 3.05) is 39.4 Å². The highest BCUT2D eigenvalue weighted by Crippen LogP contribution is 2.25. The number of hydrogen-bond acceptors (Lipinski definition) is 6. The zero-order chi connectivity index (χ0) is 25.1. The Bertz CT molecular complexity index is 1240. The molecule has 0 bridgehead atoms. The lowest BCUT2D eigenvalue weighted by Gasteiger charge is -2.30. The largest absolute Gasteiger partial charge is 0.379 e. The molecule has 9 nitrogen and oxygen atoms in total. The van der Waals surface area contributed by atoms with Gasteiger partial charge in [0.1, 0.15) is 0 Å². The predicted molar refractivity (Wildman–Crippen MR) is 133 cm³/mol. The molecule has 2 aromatic rings. The van der Waals surface area contributed by atoms with Gasteiger partial charge in [0.25, 0.3) is 0 Å². The minimum absolute atomic E-state index is 0.129. The summed E-state index contributed by atoms with van der Waals surface area (Å²) in [6.07, 6.45) is 0.886. The Hall–Kier alpha value is -1.83. The number of hydrogen-bond donors (Lipinski definition) is 1. The molecule has 0 atom stereocenters. The molecule has 0 radical (unpaired) electrons. The summed E-state index contributed by atoms with van der Waals surface area (Å²) in [5, 5.41) is 2.89. The Morgan fingerprint density at radius 2 is 1.31 bits per heavy atom. The van der Waals surface area contributed by atoms with E-state index in [4.69, 9.17) is 4.74 Å². The van der Waals surface area contributed by atoms with Crippen LogP contribution in [0.15, 0.2) is 62.8 Å². The van der Waals surface area contributed by atoms with Crippen molar-refractivity contribution >= 4 is 41.9 Å². The number of sulfonamides is 2. The smallest absolute Gasteiger partial charge is 0.243 e. The summed E-state index contributed by atoms with van der Waals surface area (Å²) >= 11 is 3.31. The first-order valence-electron chi connectivity index (χ1n) is 11.4. The molecular weight excluding hydrogens is 558 g/mol. The molecule has 2 aliphatic heterocycles. The second kappa shape index (κ2) is 11.1. The summed E-state index contributed by atoms with van der Waals surface area (Å²) in [5.41, 5.74) is 0.787. The lowest BCUT2D eigenvalue weighted by molar-refractivity contribution is -0.126. The topological polar surface area (TPSA) is 113 Å². The first kappa shape index (κ1) is 26.2. The maximum Gasteiger partial charge on any atom is 0.243 e. The molecule has 190 valence electrons. The summed E-state index contributed by atoms with van der Waals surface area (Å²) in [6, 6.07) is 13.0. The minimum Gasteiger partial charge on any atom is -0.379 e. The Labute approximate surface area is 214 Å². The highest BCUT2D eigenvalue weighted by Gasteiger charge is 2.32. The number of carbonyl (C=O) groups excluding carboxylic acids is 1. The van der Waals surface area contributed by atoms with E-state index >= 15 is 0 Å². The number of morpholine rings is 1. The van der Waals surface area contributed by atoms with E-state index < -0.39 is 20.0 Å². The van der Waals surface area contributed by atoms with Crippen molar-refractivity contribution in [3.05, 3.63) is 58.6 Å². The molecule has 2 fully saturated rings. The van der Waals surface area contributed by atoms with Crippen LogP contribution in [0.5, 0.6) is 0 Å². The maximum absolute atomic E-state index is 12.8. The lowest BCUT2D eigenvalue weighted by Crippen LogP contribution is -2.42. The fourth-order valence-electron chi connectivity index (χ4n) is 4.16. The quantitative estimate of drug-likeness (QED) is 0.533. The second-order valence-electron chi connectivity index (χ2n) is 8.51. The molecule has 0 aliphatic carbocycles. The third-order valence-corrected chi connectivity index (χ3v) is 10.6. The Balaban J connectivity index is 1.28. The van der Waals surface area contributed by atoms with E-state index in [1.165, 1.54) is 8.61 Å². The van der Waals surface area contributed by atoms with Gasteiger partial charge < -0.3 is 10.1 Å². The molecule has 2 aliphatic rings. The number of halogens is 1. The standard InChI is InChI=1S/C23H28BrN3O6S2/c24-20-3-7-22(8-4-20)34(29,30)26-11-9-19(10-12-26)23(28)25-17-18-1-5-21(6-2-18)35(31,32)27-13-15-33-16-14-27/h1-8,19H,9-17H2,(H,25,28). The average molecular weight is 587 g/mol. The van der Waals surface area contributed by atoms with Crippen LogP contribution in [0.1, 0.15) is 18.4 Å². The molecule has 12 heteroatoms. The zero-order valence-electron chi connectivity index (χ0n) is 19.1. The first-order chi connectivity index (χ1) is 16.7. The molecule has 0 unspecified atom stereocenters. The minimum atomic E-state index is -3.59. The van der Waals surface area contributed by atoms with Gasteiger partial charge in [0.15, 0.2) is 0 Å². The van der Waals surface area contributed by atoms with E-state index in [2.05, 4.69) is 21.2 Å². The van der Waals surface area contributed by atoms with E-state index in [-0.39, 0.29) is 41.3 Å². The van der Waals surface area contributed by atoms with Gasteiger partial charge in [-0.25, -0.2) is 16.8 Å². The molecule has 35 heavy (non-hydrogen) atoms. The molecule has 2 aromatic carbocycles. The van der Waals surface area contributed by atoms with Crippen molar-refractivity contribution in [2.24, 2.45) is 5.92 Å². The van der Waals surface area contributed by atoms with E-state index in [1.807, 2.05) is 0 Å². The van der Waals surface area contributed by atoms with Crippen LogP contribution < -0.4 is 5.32 Å². The van der Waals surface area contributed by atoms with Crippen molar-refractivity contribution in [3.8, 4) is 0 Å². The Kier molecular flexibility index (Phi) is 8.29. The maximum atomic E-state index is 12.8. The molecule has 4 rings (SSSR count). The van der Waals surface area contributed by atoms with Crippen molar-refractivity contribution in [1.82, 2.24) is 13.9 Å². The van der Waals surface area contributed by atoms with Gasteiger partial charge in [0.2, 0.25) is 26.0 Å². The van der Waals surface area contributed by atoms with Gasteiger partial charge in [-0.15, -0.1) is 0 Å². The molecule has 0 spiro atoms. The van der Waals surface area contributed by atoms with Crippen molar-refractivity contribution in [2.45, 2.75) is 29.2 Å². The zero-order valence-corrected chi connectivity index (χ0v) is 22.3. The van der Waals surface area contributed by atoms with Crippen LogP contribution in [0.25, 0.3) is 0 Å². The summed E-state index contributed by atoms with van der Waals surface area (Å²) in [4.78, 5) is 13.1. The van der Waals surface area contributed by atoms with Crippen molar-refractivity contribution in [1.29, 1.82) is 0 Å². The molecule has 0 aromatic heterocycles. The van der Waals surface area contributed by atoms with Crippen molar-refractivity contribution in [3.63, 3.8) is 0 Å². The highest BCUT2D eigenvalue weighted by atomic mass is 79.9. The van der Waals surface area contributed by atoms with E-state index in [1.54, 1.807) is 48.5 Å². The van der Waals surface area contributed by atoms with Gasteiger partial charge in [-0.1, -0.05) is 28.1 Å².